The molecule has 0 saturated carbocycles. The Morgan fingerprint density at radius 2 is 1.18 bits per heavy atom. The van der Waals surface area contributed by atoms with E-state index in [1.54, 1.807) is 0 Å². The van der Waals surface area contributed by atoms with E-state index in [9.17, 15) is 0 Å². The van der Waals surface area contributed by atoms with Crippen molar-refractivity contribution >= 4 is 0 Å². The maximum atomic E-state index is 6.31. The zero-order chi connectivity index (χ0) is 13.7. The fraction of sp³-hybridized carbons (Fsp3) is 0.750. The normalized spacial score (nSPS) is 18.8. The van der Waals surface area contributed by atoms with Crippen molar-refractivity contribution in [1.82, 2.24) is 0 Å². The van der Waals surface area contributed by atoms with Crippen molar-refractivity contribution in [3.8, 4) is 0 Å². The van der Waals surface area contributed by atoms with Gasteiger partial charge in [-0.2, -0.15) is 0 Å². The zero-order valence-corrected chi connectivity index (χ0v) is 12.5. The van der Waals surface area contributed by atoms with Gasteiger partial charge in [0.2, 0.25) is 0 Å². The van der Waals surface area contributed by atoms with E-state index in [1.165, 1.54) is 0 Å². The second kappa shape index (κ2) is 6.39. The zero-order valence-electron chi connectivity index (χ0n) is 12.5. The van der Waals surface area contributed by atoms with Gasteiger partial charge in [-0.15, -0.1) is 13.2 Å². The summed E-state index contributed by atoms with van der Waals surface area (Å²) in [7, 11) is 0. The lowest BCUT2D eigenvalue weighted by Crippen LogP contribution is -2.40. The summed E-state index contributed by atoms with van der Waals surface area (Å²) in [6, 6.07) is 0. The van der Waals surface area contributed by atoms with Gasteiger partial charge in [-0.25, -0.2) is 0 Å². The van der Waals surface area contributed by atoms with Crippen LogP contribution in [-0.4, -0.2) is 11.2 Å². The Bertz CT molecular complexity index is 228. The molecule has 1 heteroatoms. The maximum Gasteiger partial charge on any atom is 0.0846 e. The van der Waals surface area contributed by atoms with Crippen LogP contribution in [0.25, 0.3) is 0 Å². The Kier molecular flexibility index (Phi) is 6.18. The fourth-order valence-corrected chi connectivity index (χ4v) is 2.49. The molecule has 2 unspecified atom stereocenters. The van der Waals surface area contributed by atoms with E-state index in [2.05, 4.69) is 54.7 Å². The lowest BCUT2D eigenvalue weighted by atomic mass is 9.89. The minimum Gasteiger partial charge on any atom is -0.361 e. The minimum atomic E-state index is -0.272. The van der Waals surface area contributed by atoms with Gasteiger partial charge >= 0.3 is 0 Å². The first-order valence-corrected chi connectivity index (χ1v) is 6.64. The molecular formula is C16H30O. The molecule has 2 atom stereocenters. The topological polar surface area (TPSA) is 9.23 Å². The summed E-state index contributed by atoms with van der Waals surface area (Å²) in [6.07, 6.45) is 5.82. The lowest BCUT2D eigenvalue weighted by molar-refractivity contribution is -0.105. The van der Waals surface area contributed by atoms with Crippen LogP contribution in [0.15, 0.2) is 25.3 Å². The Morgan fingerprint density at radius 1 is 0.882 bits per heavy atom. The molecule has 0 aliphatic heterocycles. The van der Waals surface area contributed by atoms with Crippen LogP contribution in [0, 0.1) is 11.8 Å². The molecule has 0 aromatic heterocycles. The monoisotopic (exact) mass is 238 g/mol. The number of hydrogen-bond donors (Lipinski definition) is 0. The molecule has 0 amide bonds. The Labute approximate surface area is 108 Å². The lowest BCUT2D eigenvalue weighted by Gasteiger charge is -2.39. The SMILES string of the molecule is C=CC(C)(CC(C)C)OC(C)(C=C)CC(C)C. The Balaban J connectivity index is 4.82. The molecular weight excluding hydrogens is 208 g/mol. The summed E-state index contributed by atoms with van der Waals surface area (Å²) in [6.45, 7) is 20.9. The molecule has 0 fully saturated rings. The second-order valence-corrected chi connectivity index (χ2v) is 6.33. The number of rotatable bonds is 8. The summed E-state index contributed by atoms with van der Waals surface area (Å²) in [4.78, 5) is 0. The average Bonchev–Trinajstić information content (AvgIpc) is 2.15. The van der Waals surface area contributed by atoms with Crippen molar-refractivity contribution in [3.63, 3.8) is 0 Å². The highest BCUT2D eigenvalue weighted by Gasteiger charge is 2.32. The van der Waals surface area contributed by atoms with Crippen LogP contribution in [0.2, 0.25) is 0 Å². The molecule has 100 valence electrons. The molecule has 0 N–H and O–H groups in total. The fourth-order valence-electron chi connectivity index (χ4n) is 2.49. The van der Waals surface area contributed by atoms with Gasteiger partial charge in [0.15, 0.2) is 0 Å². The Morgan fingerprint density at radius 3 is 1.35 bits per heavy atom. The van der Waals surface area contributed by atoms with Crippen LogP contribution in [-0.2, 0) is 4.74 Å². The van der Waals surface area contributed by atoms with Crippen LogP contribution in [0.1, 0.15) is 54.4 Å². The highest BCUT2D eigenvalue weighted by molar-refractivity contribution is 5.02. The van der Waals surface area contributed by atoms with E-state index in [4.69, 9.17) is 4.74 Å². The summed E-state index contributed by atoms with van der Waals surface area (Å²) in [5.74, 6) is 1.18. The predicted octanol–water partition coefficient (Wildman–Crippen LogP) is 4.98. The molecule has 0 radical (unpaired) electrons. The van der Waals surface area contributed by atoms with Crippen LogP contribution >= 0.6 is 0 Å². The van der Waals surface area contributed by atoms with Crippen molar-refractivity contribution in [1.29, 1.82) is 0 Å². The van der Waals surface area contributed by atoms with E-state index in [0.717, 1.165) is 12.8 Å². The third kappa shape index (κ3) is 6.07. The van der Waals surface area contributed by atoms with E-state index in [-0.39, 0.29) is 11.2 Å². The van der Waals surface area contributed by atoms with Gasteiger partial charge in [-0.3, -0.25) is 0 Å². The minimum absolute atomic E-state index is 0.272. The van der Waals surface area contributed by atoms with Gasteiger partial charge in [0.1, 0.15) is 0 Å². The van der Waals surface area contributed by atoms with Crippen LogP contribution < -0.4 is 0 Å². The first-order chi connectivity index (χ1) is 7.66. The third-order valence-electron chi connectivity index (χ3n) is 2.96. The summed E-state index contributed by atoms with van der Waals surface area (Å²) in [5, 5.41) is 0. The van der Waals surface area contributed by atoms with Gasteiger partial charge in [0.25, 0.3) is 0 Å². The first kappa shape index (κ1) is 16.4. The molecule has 0 saturated heterocycles. The molecule has 0 aliphatic carbocycles. The standard InChI is InChI=1S/C16H30O/c1-9-15(7,11-13(3)4)17-16(8,10-2)12-14(5)6/h9-10,13-14H,1-2,11-12H2,3-8H3. The van der Waals surface area contributed by atoms with Gasteiger partial charge in [-0.1, -0.05) is 39.8 Å². The van der Waals surface area contributed by atoms with E-state index >= 15 is 0 Å². The van der Waals surface area contributed by atoms with Gasteiger partial charge in [0.05, 0.1) is 11.2 Å². The molecule has 0 rings (SSSR count). The average molecular weight is 238 g/mol. The highest BCUT2D eigenvalue weighted by atomic mass is 16.5. The van der Waals surface area contributed by atoms with Gasteiger partial charge in [-0.05, 0) is 38.5 Å². The summed E-state index contributed by atoms with van der Waals surface area (Å²) in [5.41, 5.74) is -0.544. The molecule has 17 heavy (non-hydrogen) atoms. The predicted molar refractivity (Wildman–Crippen MR) is 77.2 cm³/mol. The third-order valence-corrected chi connectivity index (χ3v) is 2.96. The molecule has 0 aliphatic rings. The molecule has 0 heterocycles. The van der Waals surface area contributed by atoms with Crippen LogP contribution in [0.3, 0.4) is 0 Å². The van der Waals surface area contributed by atoms with Crippen LogP contribution in [0.4, 0.5) is 0 Å². The summed E-state index contributed by atoms with van der Waals surface area (Å²) >= 11 is 0. The van der Waals surface area contributed by atoms with Crippen molar-refractivity contribution in [2.24, 2.45) is 11.8 Å². The smallest absolute Gasteiger partial charge is 0.0846 e. The second-order valence-electron chi connectivity index (χ2n) is 6.33. The first-order valence-electron chi connectivity index (χ1n) is 6.64. The molecule has 0 spiro atoms. The van der Waals surface area contributed by atoms with Crippen molar-refractivity contribution < 1.29 is 4.74 Å². The van der Waals surface area contributed by atoms with Crippen LogP contribution in [0.5, 0.6) is 0 Å². The highest BCUT2D eigenvalue weighted by Crippen LogP contribution is 2.32. The quantitative estimate of drug-likeness (QED) is 0.542. The van der Waals surface area contributed by atoms with E-state index < -0.39 is 0 Å². The molecule has 0 aromatic rings. The molecule has 0 aromatic carbocycles. The van der Waals surface area contributed by atoms with Crippen molar-refractivity contribution in [2.45, 2.75) is 65.6 Å². The van der Waals surface area contributed by atoms with Crippen molar-refractivity contribution in [2.75, 3.05) is 0 Å². The van der Waals surface area contributed by atoms with Gasteiger partial charge < -0.3 is 4.74 Å². The molecule has 0 bridgehead atoms. The number of ether oxygens (including phenoxy) is 1. The Hall–Kier alpha value is -0.560. The maximum absolute atomic E-state index is 6.31. The molecule has 1 nitrogen and oxygen atoms in total. The van der Waals surface area contributed by atoms with E-state index in [0.29, 0.717) is 11.8 Å². The van der Waals surface area contributed by atoms with E-state index in [1.807, 2.05) is 12.2 Å². The van der Waals surface area contributed by atoms with Crippen molar-refractivity contribution in [3.05, 3.63) is 25.3 Å². The number of hydrogen-bond acceptors (Lipinski definition) is 1. The summed E-state index contributed by atoms with van der Waals surface area (Å²) < 4.78 is 6.31. The van der Waals surface area contributed by atoms with Gasteiger partial charge in [0, 0.05) is 0 Å². The largest absolute Gasteiger partial charge is 0.361 e.